The van der Waals surface area contributed by atoms with Crippen LogP contribution in [0.15, 0.2) is 30.5 Å². The number of benzene rings is 1. The van der Waals surface area contributed by atoms with Gasteiger partial charge in [0.2, 0.25) is 5.91 Å². The molecule has 0 saturated heterocycles. The highest BCUT2D eigenvalue weighted by Gasteiger charge is 2.13. The van der Waals surface area contributed by atoms with Gasteiger partial charge in [0.05, 0.1) is 11.3 Å². The normalized spacial score (nSPS) is 12.0. The van der Waals surface area contributed by atoms with Gasteiger partial charge >= 0.3 is 5.97 Å². The summed E-state index contributed by atoms with van der Waals surface area (Å²) in [5.41, 5.74) is 0.691. The van der Waals surface area contributed by atoms with Crippen molar-refractivity contribution in [3.63, 3.8) is 0 Å². The Bertz CT molecular complexity index is 737. The van der Waals surface area contributed by atoms with Crippen molar-refractivity contribution in [1.29, 1.82) is 0 Å². The van der Waals surface area contributed by atoms with E-state index in [0.717, 1.165) is 0 Å². The first-order chi connectivity index (χ1) is 10.4. The number of nitro benzene ring substituents is 1. The second-order valence-corrected chi connectivity index (χ2v) is 5.01. The van der Waals surface area contributed by atoms with E-state index in [-0.39, 0.29) is 24.6 Å². The number of non-ortho nitro benzene ring substituents is 1. The Morgan fingerprint density at radius 2 is 2.14 bits per heavy atom. The molecular formula is C14H15N3O5. The van der Waals surface area contributed by atoms with Crippen LogP contribution in [0.1, 0.15) is 13.3 Å². The third-order valence-electron chi connectivity index (χ3n) is 3.17. The van der Waals surface area contributed by atoms with Gasteiger partial charge in [-0.1, -0.05) is 0 Å². The maximum absolute atomic E-state index is 11.9. The number of rotatable bonds is 6. The van der Waals surface area contributed by atoms with Gasteiger partial charge in [-0.25, -0.2) is 0 Å². The molecule has 0 aliphatic heterocycles. The third kappa shape index (κ3) is 3.60. The molecule has 0 aliphatic carbocycles. The van der Waals surface area contributed by atoms with Crippen LogP contribution in [0.25, 0.3) is 10.9 Å². The molecule has 0 radical (unpaired) electrons. The second kappa shape index (κ2) is 6.25. The average Bonchev–Trinajstić information content (AvgIpc) is 2.79. The van der Waals surface area contributed by atoms with Gasteiger partial charge in [0.1, 0.15) is 6.54 Å². The molecule has 1 atom stereocenters. The number of carbonyl (C=O) groups is 2. The van der Waals surface area contributed by atoms with E-state index in [1.165, 1.54) is 12.1 Å². The fraction of sp³-hybridized carbons (Fsp3) is 0.286. The van der Waals surface area contributed by atoms with Crippen LogP contribution in [-0.4, -0.2) is 32.5 Å². The predicted molar refractivity (Wildman–Crippen MR) is 78.4 cm³/mol. The molecule has 8 heteroatoms. The number of aliphatic carboxylic acids is 1. The zero-order chi connectivity index (χ0) is 16.3. The van der Waals surface area contributed by atoms with Crippen LogP contribution in [0.4, 0.5) is 5.69 Å². The molecule has 2 aromatic rings. The van der Waals surface area contributed by atoms with Crippen molar-refractivity contribution in [2.75, 3.05) is 0 Å². The number of nitrogens with zero attached hydrogens (tertiary/aromatic N) is 2. The molecule has 1 aromatic carbocycles. The minimum absolute atomic E-state index is 0.00946. The van der Waals surface area contributed by atoms with E-state index in [1.54, 1.807) is 29.8 Å². The lowest BCUT2D eigenvalue weighted by Gasteiger charge is -2.12. The Labute approximate surface area is 125 Å². The van der Waals surface area contributed by atoms with Gasteiger partial charge in [0, 0.05) is 35.3 Å². The predicted octanol–water partition coefficient (Wildman–Crippen LogP) is 1.53. The number of aromatic nitrogens is 1. The first-order valence-electron chi connectivity index (χ1n) is 6.61. The van der Waals surface area contributed by atoms with Crippen LogP contribution < -0.4 is 5.32 Å². The molecule has 0 spiro atoms. The number of hydrogen-bond acceptors (Lipinski definition) is 4. The smallest absolute Gasteiger partial charge is 0.305 e. The van der Waals surface area contributed by atoms with E-state index in [1.807, 2.05) is 0 Å². The lowest BCUT2D eigenvalue weighted by atomic mass is 10.2. The van der Waals surface area contributed by atoms with E-state index in [4.69, 9.17) is 5.11 Å². The fourth-order valence-electron chi connectivity index (χ4n) is 2.23. The molecule has 1 unspecified atom stereocenters. The minimum atomic E-state index is -0.980. The maximum atomic E-state index is 11.9. The first-order valence-corrected chi connectivity index (χ1v) is 6.61. The number of carboxylic acid groups (broad SMARTS) is 1. The molecule has 1 heterocycles. The molecule has 0 saturated carbocycles. The van der Waals surface area contributed by atoms with Crippen molar-refractivity contribution in [1.82, 2.24) is 9.88 Å². The van der Waals surface area contributed by atoms with E-state index in [2.05, 4.69) is 5.32 Å². The van der Waals surface area contributed by atoms with Crippen LogP contribution >= 0.6 is 0 Å². The van der Waals surface area contributed by atoms with Gasteiger partial charge < -0.3 is 15.0 Å². The van der Waals surface area contributed by atoms with E-state index in [9.17, 15) is 19.7 Å². The van der Waals surface area contributed by atoms with Crippen molar-refractivity contribution in [2.45, 2.75) is 25.9 Å². The number of carbonyl (C=O) groups excluding carboxylic acids is 1. The lowest BCUT2D eigenvalue weighted by molar-refractivity contribution is -0.384. The molecule has 2 N–H and O–H groups in total. The fourth-order valence-corrected chi connectivity index (χ4v) is 2.23. The molecule has 0 bridgehead atoms. The highest BCUT2D eigenvalue weighted by molar-refractivity contribution is 5.85. The SMILES string of the molecule is CC(CC(=O)O)NC(=O)Cn1ccc2cc([N+](=O)[O-])ccc21. The summed E-state index contributed by atoms with van der Waals surface area (Å²) in [5.74, 6) is -1.30. The summed E-state index contributed by atoms with van der Waals surface area (Å²) in [5, 5.41) is 22.6. The molecule has 0 fully saturated rings. The van der Waals surface area contributed by atoms with Crippen molar-refractivity contribution in [3.05, 3.63) is 40.6 Å². The minimum Gasteiger partial charge on any atom is -0.481 e. The Hall–Kier alpha value is -2.90. The van der Waals surface area contributed by atoms with Gasteiger partial charge in [-0.2, -0.15) is 0 Å². The van der Waals surface area contributed by atoms with Crippen LogP contribution in [0.2, 0.25) is 0 Å². The molecule has 1 amide bonds. The monoisotopic (exact) mass is 305 g/mol. The second-order valence-electron chi connectivity index (χ2n) is 5.01. The number of nitro groups is 1. The van der Waals surface area contributed by atoms with E-state index >= 15 is 0 Å². The molecule has 8 nitrogen and oxygen atoms in total. The number of hydrogen-bond donors (Lipinski definition) is 2. The van der Waals surface area contributed by atoms with Crippen LogP contribution in [-0.2, 0) is 16.1 Å². The first kappa shape index (κ1) is 15.5. The average molecular weight is 305 g/mol. The highest BCUT2D eigenvalue weighted by atomic mass is 16.6. The molecule has 22 heavy (non-hydrogen) atoms. The van der Waals surface area contributed by atoms with Gasteiger partial charge in [-0.05, 0) is 19.1 Å². The summed E-state index contributed by atoms with van der Waals surface area (Å²) in [6.45, 7) is 1.63. The summed E-state index contributed by atoms with van der Waals surface area (Å²) in [6, 6.07) is 5.63. The number of nitrogens with one attached hydrogen (secondary N) is 1. The Morgan fingerprint density at radius 1 is 1.41 bits per heavy atom. The summed E-state index contributed by atoms with van der Waals surface area (Å²) in [4.78, 5) is 32.7. The highest BCUT2D eigenvalue weighted by Crippen LogP contribution is 2.21. The van der Waals surface area contributed by atoms with Crippen molar-refractivity contribution >= 4 is 28.5 Å². The molecule has 1 aromatic heterocycles. The topological polar surface area (TPSA) is 114 Å². The van der Waals surface area contributed by atoms with E-state index in [0.29, 0.717) is 10.9 Å². The van der Waals surface area contributed by atoms with Crippen LogP contribution in [0, 0.1) is 10.1 Å². The Kier molecular flexibility index (Phi) is 4.40. The lowest BCUT2D eigenvalue weighted by Crippen LogP contribution is -2.36. The third-order valence-corrected chi connectivity index (χ3v) is 3.17. The number of carboxylic acids is 1. The van der Waals surface area contributed by atoms with Crippen molar-refractivity contribution in [2.24, 2.45) is 0 Å². The zero-order valence-corrected chi connectivity index (χ0v) is 11.9. The Morgan fingerprint density at radius 3 is 2.77 bits per heavy atom. The molecule has 2 rings (SSSR count). The molecule has 116 valence electrons. The van der Waals surface area contributed by atoms with Crippen LogP contribution in [0.3, 0.4) is 0 Å². The maximum Gasteiger partial charge on any atom is 0.305 e. The number of fused-ring (bicyclic) bond motifs is 1. The zero-order valence-electron chi connectivity index (χ0n) is 11.9. The van der Waals surface area contributed by atoms with Crippen molar-refractivity contribution in [3.8, 4) is 0 Å². The number of amides is 1. The van der Waals surface area contributed by atoms with Crippen LogP contribution in [0.5, 0.6) is 0 Å². The van der Waals surface area contributed by atoms with Gasteiger partial charge in [0.15, 0.2) is 0 Å². The Balaban J connectivity index is 2.10. The quantitative estimate of drug-likeness (QED) is 0.620. The summed E-state index contributed by atoms with van der Waals surface area (Å²) in [6.07, 6.45) is 1.51. The van der Waals surface area contributed by atoms with Gasteiger partial charge in [0.25, 0.3) is 5.69 Å². The molecule has 0 aliphatic rings. The van der Waals surface area contributed by atoms with Gasteiger partial charge in [-0.15, -0.1) is 0 Å². The summed E-state index contributed by atoms with van der Waals surface area (Å²) >= 11 is 0. The van der Waals surface area contributed by atoms with Crippen molar-refractivity contribution < 1.29 is 19.6 Å². The largest absolute Gasteiger partial charge is 0.481 e. The van der Waals surface area contributed by atoms with Gasteiger partial charge in [-0.3, -0.25) is 19.7 Å². The van der Waals surface area contributed by atoms with E-state index < -0.39 is 16.9 Å². The summed E-state index contributed by atoms with van der Waals surface area (Å²) in [7, 11) is 0. The summed E-state index contributed by atoms with van der Waals surface area (Å²) < 4.78 is 1.65. The standard InChI is InChI=1S/C14H15N3O5/c1-9(6-14(19)20)15-13(18)8-16-5-4-10-7-11(17(21)22)2-3-12(10)16/h2-5,7,9H,6,8H2,1H3,(H,15,18)(H,19,20). The molecular weight excluding hydrogens is 290 g/mol.